The Labute approximate surface area is 89.7 Å². The molecule has 0 bridgehead atoms. The summed E-state index contributed by atoms with van der Waals surface area (Å²) in [5, 5.41) is 3.65. The predicted molar refractivity (Wildman–Crippen MR) is 58.4 cm³/mol. The van der Waals surface area contributed by atoms with E-state index < -0.39 is 0 Å². The van der Waals surface area contributed by atoms with Crippen LogP contribution in [0.5, 0.6) is 0 Å². The van der Waals surface area contributed by atoms with Gasteiger partial charge in [0.15, 0.2) is 0 Å². The van der Waals surface area contributed by atoms with Gasteiger partial charge < -0.3 is 5.32 Å². The largest absolute Gasteiger partial charge is 0.311 e. The van der Waals surface area contributed by atoms with E-state index in [1.54, 1.807) is 12.1 Å². The second kappa shape index (κ2) is 3.60. The average molecular weight is 205 g/mol. The van der Waals surface area contributed by atoms with Gasteiger partial charge in [0.1, 0.15) is 5.82 Å². The third-order valence-corrected chi connectivity index (χ3v) is 3.45. The fraction of sp³-hybridized carbons (Fsp3) is 0.538. The van der Waals surface area contributed by atoms with Gasteiger partial charge in [-0.3, -0.25) is 0 Å². The molecular formula is C13H16FN. The van der Waals surface area contributed by atoms with Crippen LogP contribution < -0.4 is 5.32 Å². The third-order valence-electron chi connectivity index (χ3n) is 3.45. The lowest BCUT2D eigenvalue weighted by atomic mass is 9.88. The summed E-state index contributed by atoms with van der Waals surface area (Å²) in [6.45, 7) is 0. The molecule has 1 aromatic carbocycles. The van der Waals surface area contributed by atoms with Crippen LogP contribution in [0.1, 0.15) is 30.4 Å². The number of halogens is 1. The molecule has 0 heterocycles. The molecule has 0 aromatic heterocycles. The highest BCUT2D eigenvalue weighted by atomic mass is 19.1. The van der Waals surface area contributed by atoms with E-state index in [2.05, 4.69) is 5.32 Å². The highest BCUT2D eigenvalue weighted by molar-refractivity contribution is 5.31. The Bertz CT molecular complexity index is 371. The van der Waals surface area contributed by atoms with Gasteiger partial charge in [0, 0.05) is 12.1 Å². The first-order valence-corrected chi connectivity index (χ1v) is 5.84. The molecule has 0 saturated heterocycles. The van der Waals surface area contributed by atoms with E-state index in [9.17, 15) is 4.39 Å². The fourth-order valence-corrected chi connectivity index (χ4v) is 2.45. The number of benzene rings is 1. The molecule has 0 aliphatic heterocycles. The zero-order valence-corrected chi connectivity index (χ0v) is 8.80. The zero-order chi connectivity index (χ0) is 10.3. The summed E-state index contributed by atoms with van der Waals surface area (Å²) in [5.41, 5.74) is 2.55. The van der Waals surface area contributed by atoms with Crippen LogP contribution in [-0.4, -0.2) is 12.1 Å². The van der Waals surface area contributed by atoms with E-state index in [0.29, 0.717) is 6.04 Å². The van der Waals surface area contributed by atoms with Gasteiger partial charge in [-0.25, -0.2) is 4.39 Å². The molecule has 1 N–H and O–H groups in total. The summed E-state index contributed by atoms with van der Waals surface area (Å²) < 4.78 is 13.0. The minimum absolute atomic E-state index is 0.0950. The van der Waals surface area contributed by atoms with E-state index in [4.69, 9.17) is 0 Å². The summed E-state index contributed by atoms with van der Waals surface area (Å²) in [6.07, 6.45) is 5.94. The lowest BCUT2D eigenvalue weighted by Crippen LogP contribution is -2.35. The molecule has 1 atom stereocenters. The van der Waals surface area contributed by atoms with Crippen molar-refractivity contribution < 1.29 is 4.39 Å². The molecular weight excluding hydrogens is 189 g/mol. The molecule has 1 unspecified atom stereocenters. The van der Waals surface area contributed by atoms with E-state index in [0.717, 1.165) is 25.3 Å². The van der Waals surface area contributed by atoms with Crippen LogP contribution in [0.15, 0.2) is 18.2 Å². The maximum absolute atomic E-state index is 13.0. The Morgan fingerprint density at radius 2 is 1.93 bits per heavy atom. The molecule has 1 saturated carbocycles. The smallest absolute Gasteiger partial charge is 0.123 e. The topological polar surface area (TPSA) is 12.0 Å². The summed E-state index contributed by atoms with van der Waals surface area (Å²) in [7, 11) is 0. The Kier molecular flexibility index (Phi) is 2.24. The summed E-state index contributed by atoms with van der Waals surface area (Å²) >= 11 is 0. The quantitative estimate of drug-likeness (QED) is 0.782. The normalized spacial score (nSPS) is 25.0. The first-order valence-electron chi connectivity index (χ1n) is 5.84. The number of hydrogen-bond donors (Lipinski definition) is 1. The monoisotopic (exact) mass is 205 g/mol. The van der Waals surface area contributed by atoms with Crippen LogP contribution in [0.4, 0.5) is 4.39 Å². The summed E-state index contributed by atoms with van der Waals surface area (Å²) in [5.74, 6) is -0.0950. The molecule has 1 nitrogen and oxygen atoms in total. The zero-order valence-electron chi connectivity index (χ0n) is 8.80. The second-order valence-corrected chi connectivity index (χ2v) is 4.79. The van der Waals surface area contributed by atoms with E-state index in [1.165, 1.54) is 24.0 Å². The van der Waals surface area contributed by atoms with Gasteiger partial charge in [-0.15, -0.1) is 0 Å². The van der Waals surface area contributed by atoms with Crippen molar-refractivity contribution in [2.24, 2.45) is 0 Å². The van der Waals surface area contributed by atoms with Crippen molar-refractivity contribution in [3.05, 3.63) is 35.1 Å². The summed E-state index contributed by atoms with van der Waals surface area (Å²) in [6, 6.07) is 6.62. The van der Waals surface area contributed by atoms with Crippen molar-refractivity contribution in [2.45, 2.75) is 44.2 Å². The maximum atomic E-state index is 13.0. The SMILES string of the molecule is Fc1ccc2c(c1)CCC(NC1CC1)C2. The van der Waals surface area contributed by atoms with Crippen LogP contribution in [-0.2, 0) is 12.8 Å². The Morgan fingerprint density at radius 3 is 2.73 bits per heavy atom. The van der Waals surface area contributed by atoms with Crippen molar-refractivity contribution in [1.29, 1.82) is 0 Å². The maximum Gasteiger partial charge on any atom is 0.123 e. The number of aryl methyl sites for hydroxylation is 1. The lowest BCUT2D eigenvalue weighted by Gasteiger charge is -2.25. The lowest BCUT2D eigenvalue weighted by molar-refractivity contribution is 0.454. The molecule has 0 radical (unpaired) electrons. The molecule has 2 heteroatoms. The minimum atomic E-state index is -0.0950. The second-order valence-electron chi connectivity index (χ2n) is 4.79. The predicted octanol–water partition coefficient (Wildman–Crippen LogP) is 2.44. The number of fused-ring (bicyclic) bond motifs is 1. The Balaban J connectivity index is 1.74. The van der Waals surface area contributed by atoms with E-state index >= 15 is 0 Å². The van der Waals surface area contributed by atoms with Crippen LogP contribution in [0, 0.1) is 5.82 Å². The fourth-order valence-electron chi connectivity index (χ4n) is 2.45. The van der Waals surface area contributed by atoms with Crippen LogP contribution in [0.2, 0.25) is 0 Å². The minimum Gasteiger partial charge on any atom is -0.311 e. The molecule has 0 spiro atoms. The van der Waals surface area contributed by atoms with Crippen LogP contribution in [0.3, 0.4) is 0 Å². The number of rotatable bonds is 2. The average Bonchev–Trinajstić information content (AvgIpc) is 3.02. The van der Waals surface area contributed by atoms with Crippen LogP contribution in [0.25, 0.3) is 0 Å². The van der Waals surface area contributed by atoms with Gasteiger partial charge in [-0.2, -0.15) is 0 Å². The molecule has 2 aliphatic rings. The van der Waals surface area contributed by atoms with Gasteiger partial charge in [-0.05, 0) is 55.4 Å². The van der Waals surface area contributed by atoms with Gasteiger partial charge in [0.05, 0.1) is 0 Å². The van der Waals surface area contributed by atoms with Gasteiger partial charge in [0.25, 0.3) is 0 Å². The first-order chi connectivity index (χ1) is 7.31. The molecule has 1 fully saturated rings. The Hall–Kier alpha value is -0.890. The highest BCUT2D eigenvalue weighted by Crippen LogP contribution is 2.26. The molecule has 80 valence electrons. The number of hydrogen-bond acceptors (Lipinski definition) is 1. The van der Waals surface area contributed by atoms with Crippen molar-refractivity contribution in [2.75, 3.05) is 0 Å². The van der Waals surface area contributed by atoms with Crippen molar-refractivity contribution in [3.63, 3.8) is 0 Å². The van der Waals surface area contributed by atoms with Crippen LogP contribution >= 0.6 is 0 Å². The molecule has 2 aliphatic carbocycles. The van der Waals surface area contributed by atoms with Crippen molar-refractivity contribution >= 4 is 0 Å². The van der Waals surface area contributed by atoms with Crippen molar-refractivity contribution in [1.82, 2.24) is 5.32 Å². The Morgan fingerprint density at radius 1 is 1.07 bits per heavy atom. The van der Waals surface area contributed by atoms with Crippen molar-refractivity contribution in [3.8, 4) is 0 Å². The van der Waals surface area contributed by atoms with Gasteiger partial charge in [-0.1, -0.05) is 6.07 Å². The van der Waals surface area contributed by atoms with Gasteiger partial charge >= 0.3 is 0 Å². The third kappa shape index (κ3) is 2.05. The standard InChI is InChI=1S/C13H16FN/c14-11-3-1-10-8-13(15-12-5-6-12)4-2-9(10)7-11/h1,3,7,12-13,15H,2,4-6,8H2. The number of nitrogens with one attached hydrogen (secondary N) is 1. The highest BCUT2D eigenvalue weighted by Gasteiger charge is 2.26. The molecule has 15 heavy (non-hydrogen) atoms. The van der Waals surface area contributed by atoms with Gasteiger partial charge in [0.2, 0.25) is 0 Å². The van der Waals surface area contributed by atoms with E-state index in [1.807, 2.05) is 6.07 Å². The first kappa shape index (κ1) is 9.34. The van der Waals surface area contributed by atoms with E-state index in [-0.39, 0.29) is 5.82 Å². The molecule has 0 amide bonds. The molecule has 1 aromatic rings. The summed E-state index contributed by atoms with van der Waals surface area (Å²) in [4.78, 5) is 0. The molecule has 3 rings (SSSR count).